The van der Waals surface area contributed by atoms with Crippen molar-refractivity contribution in [2.24, 2.45) is 11.7 Å². The minimum Gasteiger partial charge on any atom is -0.330 e. The Bertz CT molecular complexity index is 421. The number of hydrogen-bond donors (Lipinski definition) is 1. The first-order chi connectivity index (χ1) is 6.81. The fourth-order valence-corrected chi connectivity index (χ4v) is 1.51. The SMILES string of the molecule is CC(CN)Cc1ccc2cncnn12. The van der Waals surface area contributed by atoms with E-state index in [1.165, 1.54) is 5.69 Å². The number of nitrogens with zero attached hydrogens (tertiary/aromatic N) is 3. The van der Waals surface area contributed by atoms with E-state index >= 15 is 0 Å². The van der Waals surface area contributed by atoms with E-state index in [1.54, 1.807) is 6.33 Å². The molecule has 0 aliphatic heterocycles. The molecule has 0 fully saturated rings. The first-order valence-electron chi connectivity index (χ1n) is 4.78. The third-order valence-corrected chi connectivity index (χ3v) is 2.36. The molecular weight excluding hydrogens is 176 g/mol. The number of rotatable bonds is 3. The van der Waals surface area contributed by atoms with Crippen LogP contribution in [0.15, 0.2) is 24.7 Å². The second-order valence-electron chi connectivity index (χ2n) is 3.62. The Morgan fingerprint density at radius 3 is 3.14 bits per heavy atom. The summed E-state index contributed by atoms with van der Waals surface area (Å²) in [5.74, 6) is 0.489. The summed E-state index contributed by atoms with van der Waals surface area (Å²) < 4.78 is 1.92. The molecule has 2 aromatic heterocycles. The van der Waals surface area contributed by atoms with Gasteiger partial charge in [0.2, 0.25) is 0 Å². The van der Waals surface area contributed by atoms with Crippen LogP contribution in [0.25, 0.3) is 5.52 Å². The molecule has 14 heavy (non-hydrogen) atoms. The first kappa shape index (κ1) is 9.15. The minimum atomic E-state index is 0.489. The molecule has 4 heteroatoms. The second kappa shape index (κ2) is 3.75. The number of fused-ring (bicyclic) bond motifs is 1. The minimum absolute atomic E-state index is 0.489. The summed E-state index contributed by atoms with van der Waals surface area (Å²) >= 11 is 0. The summed E-state index contributed by atoms with van der Waals surface area (Å²) in [6.45, 7) is 2.85. The van der Waals surface area contributed by atoms with Gasteiger partial charge in [-0.3, -0.25) is 0 Å². The average molecular weight is 190 g/mol. The predicted molar refractivity (Wildman–Crippen MR) is 54.9 cm³/mol. The fraction of sp³-hybridized carbons (Fsp3) is 0.400. The van der Waals surface area contributed by atoms with Crippen LogP contribution in [0.1, 0.15) is 12.6 Å². The Morgan fingerprint density at radius 2 is 2.36 bits per heavy atom. The molecule has 2 rings (SSSR count). The molecule has 0 bridgehead atoms. The van der Waals surface area contributed by atoms with E-state index in [2.05, 4.69) is 23.1 Å². The largest absolute Gasteiger partial charge is 0.330 e. The lowest BCUT2D eigenvalue weighted by molar-refractivity contribution is 0.575. The predicted octanol–water partition coefficient (Wildman–Crippen LogP) is 0.867. The standard InChI is InChI=1S/C10H14N4/c1-8(5-11)4-9-2-3-10-6-12-7-13-14(9)10/h2-3,6-8H,4-5,11H2,1H3. The van der Waals surface area contributed by atoms with Gasteiger partial charge in [0, 0.05) is 5.69 Å². The van der Waals surface area contributed by atoms with Gasteiger partial charge in [0.15, 0.2) is 0 Å². The van der Waals surface area contributed by atoms with E-state index in [0.29, 0.717) is 12.5 Å². The van der Waals surface area contributed by atoms with Crippen molar-refractivity contribution in [3.05, 3.63) is 30.4 Å². The van der Waals surface area contributed by atoms with Gasteiger partial charge < -0.3 is 5.73 Å². The number of aromatic nitrogens is 3. The van der Waals surface area contributed by atoms with Gasteiger partial charge in [0.25, 0.3) is 0 Å². The summed E-state index contributed by atoms with van der Waals surface area (Å²) in [6, 6.07) is 4.11. The van der Waals surface area contributed by atoms with Gasteiger partial charge in [-0.25, -0.2) is 9.50 Å². The van der Waals surface area contributed by atoms with Crippen molar-refractivity contribution >= 4 is 5.52 Å². The van der Waals surface area contributed by atoms with Crippen molar-refractivity contribution in [1.29, 1.82) is 0 Å². The third-order valence-electron chi connectivity index (χ3n) is 2.36. The highest BCUT2D eigenvalue weighted by Gasteiger charge is 2.06. The summed E-state index contributed by atoms with van der Waals surface area (Å²) in [5.41, 5.74) is 7.82. The molecule has 2 N–H and O–H groups in total. The van der Waals surface area contributed by atoms with E-state index in [0.717, 1.165) is 11.9 Å². The van der Waals surface area contributed by atoms with Crippen LogP contribution in [0.5, 0.6) is 0 Å². The second-order valence-corrected chi connectivity index (χ2v) is 3.62. The van der Waals surface area contributed by atoms with Gasteiger partial charge in [-0.1, -0.05) is 6.92 Å². The van der Waals surface area contributed by atoms with Crippen LogP contribution in [0.3, 0.4) is 0 Å². The van der Waals surface area contributed by atoms with Gasteiger partial charge in [0.05, 0.1) is 11.7 Å². The average Bonchev–Trinajstić information content (AvgIpc) is 2.62. The molecule has 2 heterocycles. The molecule has 4 nitrogen and oxygen atoms in total. The summed E-state index contributed by atoms with van der Waals surface area (Å²) in [6.07, 6.45) is 4.33. The topological polar surface area (TPSA) is 56.2 Å². The van der Waals surface area contributed by atoms with E-state index < -0.39 is 0 Å². The molecule has 0 saturated heterocycles. The zero-order valence-corrected chi connectivity index (χ0v) is 8.22. The summed E-state index contributed by atoms with van der Waals surface area (Å²) in [7, 11) is 0. The molecule has 0 aliphatic carbocycles. The Kier molecular flexibility index (Phi) is 2.45. The van der Waals surface area contributed by atoms with Gasteiger partial charge in [-0.05, 0) is 31.0 Å². The zero-order chi connectivity index (χ0) is 9.97. The van der Waals surface area contributed by atoms with E-state index in [1.807, 2.05) is 16.8 Å². The molecule has 0 aliphatic rings. The third kappa shape index (κ3) is 1.61. The van der Waals surface area contributed by atoms with Gasteiger partial charge >= 0.3 is 0 Å². The highest BCUT2D eigenvalue weighted by molar-refractivity contribution is 5.45. The molecule has 0 spiro atoms. The van der Waals surface area contributed by atoms with Crippen LogP contribution in [0, 0.1) is 5.92 Å². The normalized spacial score (nSPS) is 13.3. The summed E-state index contributed by atoms with van der Waals surface area (Å²) in [4.78, 5) is 3.97. The quantitative estimate of drug-likeness (QED) is 0.781. The lowest BCUT2D eigenvalue weighted by Gasteiger charge is -2.07. The molecule has 0 radical (unpaired) electrons. The van der Waals surface area contributed by atoms with Crippen LogP contribution in [0.2, 0.25) is 0 Å². The van der Waals surface area contributed by atoms with Crippen molar-refractivity contribution in [2.45, 2.75) is 13.3 Å². The van der Waals surface area contributed by atoms with Crippen LogP contribution in [-0.2, 0) is 6.42 Å². The highest BCUT2D eigenvalue weighted by Crippen LogP contribution is 2.11. The number of nitrogens with two attached hydrogens (primary N) is 1. The smallest absolute Gasteiger partial charge is 0.136 e. The molecule has 0 aromatic carbocycles. The van der Waals surface area contributed by atoms with Crippen LogP contribution in [0.4, 0.5) is 0 Å². The van der Waals surface area contributed by atoms with Crippen molar-refractivity contribution in [2.75, 3.05) is 6.54 Å². The lowest BCUT2D eigenvalue weighted by atomic mass is 10.1. The first-order valence-corrected chi connectivity index (χ1v) is 4.78. The van der Waals surface area contributed by atoms with E-state index in [-0.39, 0.29) is 0 Å². The molecule has 2 aromatic rings. The maximum absolute atomic E-state index is 5.59. The van der Waals surface area contributed by atoms with Crippen molar-refractivity contribution in [3.8, 4) is 0 Å². The monoisotopic (exact) mass is 190 g/mol. The Labute approximate surface area is 82.8 Å². The van der Waals surface area contributed by atoms with E-state index in [9.17, 15) is 0 Å². The molecule has 1 unspecified atom stereocenters. The van der Waals surface area contributed by atoms with Crippen LogP contribution < -0.4 is 5.73 Å². The molecule has 1 atom stereocenters. The Hall–Kier alpha value is -1.42. The fourth-order valence-electron chi connectivity index (χ4n) is 1.51. The van der Waals surface area contributed by atoms with Gasteiger partial charge in [0.1, 0.15) is 6.33 Å². The highest BCUT2D eigenvalue weighted by atomic mass is 15.2. The van der Waals surface area contributed by atoms with Crippen molar-refractivity contribution < 1.29 is 0 Å². The molecule has 0 amide bonds. The van der Waals surface area contributed by atoms with Crippen LogP contribution in [-0.4, -0.2) is 21.1 Å². The summed E-state index contributed by atoms with van der Waals surface area (Å²) in [5, 5.41) is 4.19. The Balaban J connectivity index is 2.33. The maximum Gasteiger partial charge on any atom is 0.136 e. The van der Waals surface area contributed by atoms with Gasteiger partial charge in [-0.15, -0.1) is 0 Å². The maximum atomic E-state index is 5.59. The van der Waals surface area contributed by atoms with E-state index in [4.69, 9.17) is 5.73 Å². The Morgan fingerprint density at radius 1 is 1.50 bits per heavy atom. The van der Waals surface area contributed by atoms with Crippen molar-refractivity contribution in [3.63, 3.8) is 0 Å². The zero-order valence-electron chi connectivity index (χ0n) is 8.22. The molecule has 74 valence electrons. The lowest BCUT2D eigenvalue weighted by Crippen LogP contribution is -2.14. The molecular formula is C10H14N4. The number of hydrogen-bond acceptors (Lipinski definition) is 3. The molecule has 0 saturated carbocycles. The van der Waals surface area contributed by atoms with Crippen LogP contribution >= 0.6 is 0 Å². The van der Waals surface area contributed by atoms with Gasteiger partial charge in [-0.2, -0.15) is 5.10 Å². The van der Waals surface area contributed by atoms with Crippen molar-refractivity contribution in [1.82, 2.24) is 14.6 Å².